The highest BCUT2D eigenvalue weighted by atomic mass is 16.2. The van der Waals surface area contributed by atoms with Gasteiger partial charge in [0.1, 0.15) is 0 Å². The second kappa shape index (κ2) is 5.35. The summed E-state index contributed by atoms with van der Waals surface area (Å²) in [5, 5.41) is 1.20. The average Bonchev–Trinajstić information content (AvgIpc) is 2.50. The van der Waals surface area contributed by atoms with E-state index in [4.69, 9.17) is 5.73 Å². The molecule has 0 saturated carbocycles. The average molecular weight is 307 g/mol. The summed E-state index contributed by atoms with van der Waals surface area (Å²) in [7, 11) is 0. The van der Waals surface area contributed by atoms with E-state index in [2.05, 4.69) is 4.98 Å². The maximum absolute atomic E-state index is 12.6. The number of primary amides is 1. The van der Waals surface area contributed by atoms with Gasteiger partial charge in [-0.05, 0) is 31.9 Å². The van der Waals surface area contributed by atoms with Crippen molar-refractivity contribution in [1.82, 2.24) is 9.55 Å². The minimum absolute atomic E-state index is 0.393. The molecule has 2 heterocycles. The molecule has 3 aromatic rings. The molecule has 2 N–H and O–H groups in total. The summed E-state index contributed by atoms with van der Waals surface area (Å²) in [6.45, 7) is 5.65. The summed E-state index contributed by atoms with van der Waals surface area (Å²) >= 11 is 0. The van der Waals surface area contributed by atoms with Crippen LogP contribution in [0.25, 0.3) is 21.9 Å². The van der Waals surface area contributed by atoms with Crippen molar-refractivity contribution in [2.45, 2.75) is 20.8 Å². The Morgan fingerprint density at radius 3 is 2.35 bits per heavy atom. The lowest BCUT2D eigenvalue weighted by atomic mass is 9.95. The lowest BCUT2D eigenvalue weighted by Crippen LogP contribution is -2.34. The number of nitrogens with zero attached hydrogens (tertiary/aromatic N) is 2. The maximum Gasteiger partial charge on any atom is 0.326 e. The van der Waals surface area contributed by atoms with Gasteiger partial charge >= 0.3 is 6.03 Å². The minimum Gasteiger partial charge on any atom is -0.351 e. The number of nitrogens with two attached hydrogens (primary N) is 1. The molecule has 0 aliphatic carbocycles. The third-order valence-corrected chi connectivity index (χ3v) is 4.08. The maximum atomic E-state index is 12.6. The van der Waals surface area contributed by atoms with Crippen LogP contribution in [0.1, 0.15) is 16.8 Å². The number of benzene rings is 1. The summed E-state index contributed by atoms with van der Waals surface area (Å²) < 4.78 is 1.01. The Hall–Kier alpha value is -2.95. The van der Waals surface area contributed by atoms with Crippen LogP contribution in [-0.2, 0) is 0 Å². The number of carbonyl (C=O) groups is 1. The molecule has 1 amide bonds. The molecule has 5 nitrogen and oxygen atoms in total. The predicted octanol–water partition coefficient (Wildman–Crippen LogP) is 2.92. The van der Waals surface area contributed by atoms with Crippen molar-refractivity contribution in [3.8, 4) is 11.1 Å². The van der Waals surface area contributed by atoms with Crippen LogP contribution in [0.15, 0.2) is 41.5 Å². The number of fused-ring (bicyclic) bond motifs is 1. The Balaban J connectivity index is 2.56. The van der Waals surface area contributed by atoms with Gasteiger partial charge in [-0.3, -0.25) is 9.78 Å². The van der Waals surface area contributed by atoms with E-state index in [0.717, 1.165) is 32.2 Å². The van der Waals surface area contributed by atoms with Gasteiger partial charge in [-0.1, -0.05) is 29.8 Å². The fourth-order valence-corrected chi connectivity index (χ4v) is 2.96. The zero-order valence-electron chi connectivity index (χ0n) is 13.3. The van der Waals surface area contributed by atoms with Crippen molar-refractivity contribution in [3.05, 3.63) is 63.8 Å². The molecule has 0 aliphatic rings. The highest BCUT2D eigenvalue weighted by Gasteiger charge is 2.19. The molecule has 0 aliphatic heterocycles. The highest BCUT2D eigenvalue weighted by molar-refractivity contribution is 6.00. The number of amides is 1. The largest absolute Gasteiger partial charge is 0.351 e. The molecular formula is C18H17N3O2. The van der Waals surface area contributed by atoms with E-state index >= 15 is 0 Å². The van der Waals surface area contributed by atoms with Crippen molar-refractivity contribution >= 4 is 16.8 Å². The number of hydrogen-bond donors (Lipinski definition) is 1. The van der Waals surface area contributed by atoms with Gasteiger partial charge in [-0.15, -0.1) is 0 Å². The normalized spacial score (nSPS) is 10.9. The summed E-state index contributed by atoms with van der Waals surface area (Å²) in [5.41, 5.74) is 9.31. The topological polar surface area (TPSA) is 78.0 Å². The van der Waals surface area contributed by atoms with Crippen molar-refractivity contribution in [2.75, 3.05) is 0 Å². The Morgan fingerprint density at radius 2 is 1.74 bits per heavy atom. The molecule has 2 aromatic heterocycles. The molecule has 23 heavy (non-hydrogen) atoms. The van der Waals surface area contributed by atoms with Crippen molar-refractivity contribution in [1.29, 1.82) is 0 Å². The number of pyridine rings is 2. The Kier molecular flexibility index (Phi) is 3.48. The second-order valence-electron chi connectivity index (χ2n) is 5.68. The van der Waals surface area contributed by atoms with E-state index in [1.807, 2.05) is 38.1 Å². The van der Waals surface area contributed by atoms with Gasteiger partial charge in [0, 0.05) is 29.0 Å². The lowest BCUT2D eigenvalue weighted by Gasteiger charge is -2.16. The van der Waals surface area contributed by atoms with Gasteiger partial charge in [-0.2, -0.15) is 0 Å². The number of aromatic nitrogens is 2. The molecule has 0 spiro atoms. The highest BCUT2D eigenvalue weighted by Crippen LogP contribution is 2.32. The van der Waals surface area contributed by atoms with Crippen LogP contribution < -0.4 is 11.3 Å². The molecule has 3 rings (SSSR count). The Bertz CT molecular complexity index is 986. The molecule has 0 saturated heterocycles. The fourth-order valence-electron chi connectivity index (χ4n) is 2.96. The number of aryl methyl sites for hydroxylation is 2. The Labute approximate surface area is 133 Å². The molecule has 0 bridgehead atoms. The van der Waals surface area contributed by atoms with Crippen molar-refractivity contribution in [3.63, 3.8) is 0 Å². The first-order chi connectivity index (χ1) is 10.9. The van der Waals surface area contributed by atoms with Gasteiger partial charge in [0.05, 0.1) is 5.39 Å². The van der Waals surface area contributed by atoms with E-state index < -0.39 is 11.6 Å². The van der Waals surface area contributed by atoms with Crippen LogP contribution in [-0.4, -0.2) is 15.6 Å². The van der Waals surface area contributed by atoms with E-state index in [1.54, 1.807) is 13.1 Å². The molecule has 116 valence electrons. The van der Waals surface area contributed by atoms with E-state index in [-0.39, 0.29) is 0 Å². The van der Waals surface area contributed by atoms with E-state index in [0.29, 0.717) is 11.1 Å². The summed E-state index contributed by atoms with van der Waals surface area (Å²) in [6, 6.07) is 7.16. The third kappa shape index (κ3) is 2.30. The van der Waals surface area contributed by atoms with Gasteiger partial charge in [0.2, 0.25) is 0 Å². The fraction of sp³-hybridized carbons (Fsp3) is 0.167. The van der Waals surface area contributed by atoms with Gasteiger partial charge < -0.3 is 5.73 Å². The molecule has 0 atom stereocenters. The monoisotopic (exact) mass is 307 g/mol. The lowest BCUT2D eigenvalue weighted by molar-refractivity contribution is 0.249. The number of carbonyl (C=O) groups excluding carboxylic acids is 1. The molecule has 0 fully saturated rings. The number of rotatable bonds is 1. The standard InChI is InChI=1S/C18H17N3O2/c1-10-4-6-13(7-5-10)16-12(3)21(18(19)23)17(22)14-9-20-8-11(2)15(14)16/h4-9H,1-3H3,(H2,19,23). The van der Waals surface area contributed by atoms with Gasteiger partial charge in [0.25, 0.3) is 5.56 Å². The summed E-state index contributed by atoms with van der Waals surface area (Å²) in [6.07, 6.45) is 3.20. The quantitative estimate of drug-likeness (QED) is 0.751. The van der Waals surface area contributed by atoms with Gasteiger partial charge in [-0.25, -0.2) is 9.36 Å². The van der Waals surface area contributed by atoms with Crippen LogP contribution in [0.3, 0.4) is 0 Å². The van der Waals surface area contributed by atoms with Crippen LogP contribution in [0, 0.1) is 20.8 Å². The molecule has 1 aromatic carbocycles. The van der Waals surface area contributed by atoms with Crippen LogP contribution in [0.5, 0.6) is 0 Å². The van der Waals surface area contributed by atoms with Crippen LogP contribution >= 0.6 is 0 Å². The Morgan fingerprint density at radius 1 is 1.09 bits per heavy atom. The molecular weight excluding hydrogens is 290 g/mol. The minimum atomic E-state index is -0.788. The van der Waals surface area contributed by atoms with Gasteiger partial charge in [0.15, 0.2) is 0 Å². The predicted molar refractivity (Wildman–Crippen MR) is 90.6 cm³/mol. The van der Waals surface area contributed by atoms with Crippen LogP contribution in [0.2, 0.25) is 0 Å². The smallest absolute Gasteiger partial charge is 0.326 e. The number of hydrogen-bond acceptors (Lipinski definition) is 3. The SMILES string of the molecule is Cc1ccc(-c2c(C)n(C(N)=O)c(=O)c3cncc(C)c23)cc1. The molecule has 5 heteroatoms. The first-order valence-electron chi connectivity index (χ1n) is 7.28. The molecule has 0 unspecified atom stereocenters. The first kappa shape index (κ1) is 15.0. The van der Waals surface area contributed by atoms with Crippen molar-refractivity contribution < 1.29 is 4.79 Å². The van der Waals surface area contributed by atoms with Crippen LogP contribution in [0.4, 0.5) is 4.79 Å². The summed E-state index contributed by atoms with van der Waals surface area (Å²) in [5.74, 6) is 0. The first-order valence-corrected chi connectivity index (χ1v) is 7.28. The summed E-state index contributed by atoms with van der Waals surface area (Å²) in [4.78, 5) is 28.5. The van der Waals surface area contributed by atoms with E-state index in [9.17, 15) is 9.59 Å². The third-order valence-electron chi connectivity index (χ3n) is 4.08. The zero-order chi connectivity index (χ0) is 16.7. The zero-order valence-corrected chi connectivity index (χ0v) is 13.3. The second-order valence-corrected chi connectivity index (χ2v) is 5.68. The molecule has 0 radical (unpaired) electrons. The van der Waals surface area contributed by atoms with Crippen molar-refractivity contribution in [2.24, 2.45) is 5.73 Å². The van der Waals surface area contributed by atoms with E-state index in [1.165, 1.54) is 6.20 Å².